The van der Waals surface area contributed by atoms with E-state index in [0.29, 0.717) is 9.36 Å². The molecule has 1 aromatic heterocycles. The van der Waals surface area contributed by atoms with Crippen molar-refractivity contribution in [1.82, 2.24) is 10.2 Å². The number of amides is 2. The number of carbonyl (C=O) groups excluding carboxylic acids is 2. The summed E-state index contributed by atoms with van der Waals surface area (Å²) in [5.41, 5.74) is -0.939. The highest BCUT2D eigenvalue weighted by molar-refractivity contribution is 8.01. The molecular weight excluding hydrogens is 532 g/mol. The predicted molar refractivity (Wildman–Crippen MR) is 120 cm³/mol. The van der Waals surface area contributed by atoms with E-state index >= 15 is 0 Å². The number of alkyl halides is 3. The molecule has 14 heteroatoms. The highest BCUT2D eigenvalue weighted by atomic mass is 35.5. The van der Waals surface area contributed by atoms with E-state index in [1.54, 1.807) is 0 Å². The van der Waals surface area contributed by atoms with Crippen LogP contribution in [0.5, 0.6) is 0 Å². The van der Waals surface area contributed by atoms with Gasteiger partial charge in [-0.1, -0.05) is 57.9 Å². The Hall–Kier alpha value is -2.05. The molecule has 0 aliphatic carbocycles. The topological polar surface area (TPSA) is 84.0 Å². The van der Waals surface area contributed by atoms with Gasteiger partial charge in [-0.2, -0.15) is 13.2 Å². The zero-order valence-electron chi connectivity index (χ0n) is 15.5. The normalized spacial score (nSPS) is 11.3. The van der Waals surface area contributed by atoms with Crippen LogP contribution in [0.4, 0.5) is 24.0 Å². The summed E-state index contributed by atoms with van der Waals surface area (Å²) in [6.45, 7) is 0. The molecule has 0 fully saturated rings. The molecule has 0 bridgehead atoms. The Morgan fingerprint density at radius 3 is 2.44 bits per heavy atom. The molecule has 168 valence electrons. The summed E-state index contributed by atoms with van der Waals surface area (Å²) >= 11 is 19.7. The summed E-state index contributed by atoms with van der Waals surface area (Å²) in [6, 6.07) is 7.05. The first-order chi connectivity index (χ1) is 15.0. The molecule has 32 heavy (non-hydrogen) atoms. The lowest BCUT2D eigenvalue weighted by Gasteiger charge is -2.11. The third kappa shape index (κ3) is 6.48. The Labute approximate surface area is 202 Å². The van der Waals surface area contributed by atoms with Gasteiger partial charge in [0.1, 0.15) is 0 Å². The Balaban J connectivity index is 1.58. The fourth-order valence-corrected chi connectivity index (χ4v) is 4.35. The zero-order chi connectivity index (χ0) is 23.5. The Morgan fingerprint density at radius 2 is 1.72 bits per heavy atom. The SMILES string of the molecule is O=C(CSc1nnc(NC(=O)c2cc(Cl)ccc2Cl)s1)Nc1cc(C(F)(F)F)ccc1Cl. The summed E-state index contributed by atoms with van der Waals surface area (Å²) < 4.78 is 38.8. The zero-order valence-corrected chi connectivity index (χ0v) is 19.4. The van der Waals surface area contributed by atoms with E-state index in [2.05, 4.69) is 20.8 Å². The van der Waals surface area contributed by atoms with Crippen molar-refractivity contribution in [1.29, 1.82) is 0 Å². The molecule has 2 aromatic carbocycles. The molecule has 2 N–H and O–H groups in total. The molecule has 0 radical (unpaired) electrons. The Bertz CT molecular complexity index is 1170. The van der Waals surface area contributed by atoms with Crippen LogP contribution in [-0.2, 0) is 11.0 Å². The van der Waals surface area contributed by atoms with Crippen molar-refractivity contribution in [3.8, 4) is 0 Å². The minimum Gasteiger partial charge on any atom is -0.324 e. The number of carbonyl (C=O) groups is 2. The average Bonchev–Trinajstić information content (AvgIpc) is 3.16. The van der Waals surface area contributed by atoms with Crippen molar-refractivity contribution in [3.63, 3.8) is 0 Å². The van der Waals surface area contributed by atoms with Crippen molar-refractivity contribution in [2.75, 3.05) is 16.4 Å². The second-order valence-corrected chi connectivity index (χ2v) is 9.43. The first-order valence-electron chi connectivity index (χ1n) is 8.42. The molecule has 0 saturated heterocycles. The largest absolute Gasteiger partial charge is 0.416 e. The van der Waals surface area contributed by atoms with Crippen LogP contribution < -0.4 is 10.6 Å². The number of halogens is 6. The fourth-order valence-electron chi connectivity index (χ4n) is 2.27. The molecule has 3 rings (SSSR count). The van der Waals surface area contributed by atoms with Gasteiger partial charge in [-0.3, -0.25) is 14.9 Å². The van der Waals surface area contributed by atoms with Crippen LogP contribution in [0, 0.1) is 0 Å². The smallest absolute Gasteiger partial charge is 0.324 e. The van der Waals surface area contributed by atoms with E-state index in [4.69, 9.17) is 34.8 Å². The van der Waals surface area contributed by atoms with Gasteiger partial charge in [0.05, 0.1) is 32.6 Å². The van der Waals surface area contributed by atoms with Crippen LogP contribution in [0.25, 0.3) is 0 Å². The van der Waals surface area contributed by atoms with Gasteiger partial charge in [-0.05, 0) is 36.4 Å². The van der Waals surface area contributed by atoms with Crippen LogP contribution in [0.3, 0.4) is 0 Å². The Kier molecular flexibility index (Phi) is 7.88. The van der Waals surface area contributed by atoms with E-state index < -0.39 is 23.6 Å². The highest BCUT2D eigenvalue weighted by Gasteiger charge is 2.31. The molecule has 0 spiro atoms. The second kappa shape index (κ2) is 10.3. The molecule has 0 aliphatic heterocycles. The van der Waals surface area contributed by atoms with Crippen molar-refractivity contribution in [2.24, 2.45) is 0 Å². The minimum atomic E-state index is -4.57. The van der Waals surface area contributed by atoms with E-state index in [1.807, 2.05) is 0 Å². The summed E-state index contributed by atoms with van der Waals surface area (Å²) in [7, 11) is 0. The molecular formula is C18H10Cl3F3N4O2S2. The first-order valence-corrected chi connectivity index (χ1v) is 11.4. The van der Waals surface area contributed by atoms with Crippen molar-refractivity contribution in [2.45, 2.75) is 10.5 Å². The molecule has 2 amide bonds. The van der Waals surface area contributed by atoms with Gasteiger partial charge in [0.15, 0.2) is 4.34 Å². The number of hydrogen-bond donors (Lipinski definition) is 2. The van der Waals surface area contributed by atoms with Crippen molar-refractivity contribution < 1.29 is 22.8 Å². The standard InChI is InChI=1S/C18H10Cl3F3N4O2S2/c19-9-2-4-11(20)10(6-9)15(30)26-16-27-28-17(32-16)31-7-14(29)25-13-5-8(18(22,23)24)1-3-12(13)21/h1-6H,7H2,(H,25,29)(H,26,27,30). The van der Waals surface area contributed by atoms with Gasteiger partial charge in [0, 0.05) is 5.02 Å². The number of benzene rings is 2. The lowest BCUT2D eigenvalue weighted by atomic mass is 10.2. The van der Waals surface area contributed by atoms with Crippen LogP contribution in [-0.4, -0.2) is 27.8 Å². The predicted octanol–water partition coefficient (Wildman–Crippen LogP) is 6.50. The van der Waals surface area contributed by atoms with Crippen LogP contribution in [0.15, 0.2) is 40.7 Å². The van der Waals surface area contributed by atoms with Crippen LogP contribution >= 0.6 is 57.9 Å². The van der Waals surface area contributed by atoms with E-state index in [1.165, 1.54) is 18.2 Å². The van der Waals surface area contributed by atoms with Gasteiger partial charge in [-0.25, -0.2) is 0 Å². The third-order valence-electron chi connectivity index (χ3n) is 3.69. The van der Waals surface area contributed by atoms with Gasteiger partial charge < -0.3 is 5.32 Å². The van der Waals surface area contributed by atoms with Crippen molar-refractivity contribution >= 4 is 80.5 Å². The molecule has 0 aliphatic rings. The lowest BCUT2D eigenvalue weighted by molar-refractivity contribution is -0.137. The summed E-state index contributed by atoms with van der Waals surface area (Å²) in [6.07, 6.45) is -4.57. The number of nitrogens with zero attached hydrogens (tertiary/aromatic N) is 2. The van der Waals surface area contributed by atoms with Gasteiger partial charge in [-0.15, -0.1) is 10.2 Å². The van der Waals surface area contributed by atoms with Crippen molar-refractivity contribution in [3.05, 3.63) is 62.6 Å². The summed E-state index contributed by atoms with van der Waals surface area (Å²) in [4.78, 5) is 24.4. The molecule has 6 nitrogen and oxygen atoms in total. The van der Waals surface area contributed by atoms with E-state index in [9.17, 15) is 22.8 Å². The highest BCUT2D eigenvalue weighted by Crippen LogP contribution is 2.34. The van der Waals surface area contributed by atoms with E-state index in [-0.39, 0.29) is 32.2 Å². The van der Waals surface area contributed by atoms with Gasteiger partial charge >= 0.3 is 6.18 Å². The molecule has 0 saturated carbocycles. The third-order valence-corrected chi connectivity index (χ3v) is 6.56. The number of rotatable bonds is 6. The number of nitrogens with one attached hydrogen (secondary N) is 2. The number of thioether (sulfide) groups is 1. The van der Waals surface area contributed by atoms with E-state index in [0.717, 1.165) is 41.3 Å². The average molecular weight is 542 g/mol. The second-order valence-electron chi connectivity index (χ2n) is 5.98. The lowest BCUT2D eigenvalue weighted by Crippen LogP contribution is -2.15. The number of anilines is 2. The minimum absolute atomic E-state index is 0.0306. The molecule has 3 aromatic rings. The fraction of sp³-hybridized carbons (Fsp3) is 0.111. The summed E-state index contributed by atoms with van der Waals surface area (Å²) in [5.74, 6) is -1.31. The van der Waals surface area contributed by atoms with Crippen LogP contribution in [0.2, 0.25) is 15.1 Å². The van der Waals surface area contributed by atoms with Gasteiger partial charge in [0.2, 0.25) is 11.0 Å². The van der Waals surface area contributed by atoms with Gasteiger partial charge in [0.25, 0.3) is 5.91 Å². The molecule has 1 heterocycles. The maximum atomic E-state index is 12.8. The number of hydrogen-bond acceptors (Lipinski definition) is 6. The number of aromatic nitrogens is 2. The molecule has 0 atom stereocenters. The maximum absolute atomic E-state index is 12.8. The Morgan fingerprint density at radius 1 is 1.00 bits per heavy atom. The first kappa shape index (κ1) is 24.6. The maximum Gasteiger partial charge on any atom is 0.416 e. The van der Waals surface area contributed by atoms with Crippen LogP contribution in [0.1, 0.15) is 15.9 Å². The monoisotopic (exact) mass is 540 g/mol. The molecule has 0 unspecified atom stereocenters. The summed E-state index contributed by atoms with van der Waals surface area (Å²) in [5, 5.41) is 13.2. The quantitative estimate of drug-likeness (QED) is 0.275.